The van der Waals surface area contributed by atoms with Gasteiger partial charge in [0.1, 0.15) is 5.69 Å². The fourth-order valence-electron chi connectivity index (χ4n) is 1.60. The lowest BCUT2D eigenvalue weighted by Gasteiger charge is -2.01. The first-order chi connectivity index (χ1) is 8.22. The Bertz CT molecular complexity index is 536. The van der Waals surface area contributed by atoms with Gasteiger partial charge in [0.2, 0.25) is 0 Å². The van der Waals surface area contributed by atoms with Crippen LogP contribution < -0.4 is 5.73 Å². The van der Waals surface area contributed by atoms with E-state index in [1.165, 1.54) is 10.7 Å². The summed E-state index contributed by atoms with van der Waals surface area (Å²) < 4.78 is 1.50. The summed E-state index contributed by atoms with van der Waals surface area (Å²) >= 11 is 0. The van der Waals surface area contributed by atoms with Crippen molar-refractivity contribution in [3.05, 3.63) is 52.3 Å². The highest BCUT2D eigenvalue weighted by atomic mass is 16.6. The van der Waals surface area contributed by atoms with Gasteiger partial charge in [0.15, 0.2) is 0 Å². The van der Waals surface area contributed by atoms with Crippen molar-refractivity contribution in [3.8, 4) is 5.69 Å². The van der Waals surface area contributed by atoms with Gasteiger partial charge < -0.3 is 5.73 Å². The molecule has 0 radical (unpaired) electrons. The van der Waals surface area contributed by atoms with Gasteiger partial charge in [-0.05, 0) is 24.6 Å². The van der Waals surface area contributed by atoms with Gasteiger partial charge in [-0.15, -0.1) is 0 Å². The van der Waals surface area contributed by atoms with Gasteiger partial charge >= 0.3 is 0 Å². The second-order valence-electron chi connectivity index (χ2n) is 3.58. The van der Waals surface area contributed by atoms with Crippen molar-refractivity contribution in [2.75, 3.05) is 6.54 Å². The van der Waals surface area contributed by atoms with Crippen molar-refractivity contribution in [3.63, 3.8) is 0 Å². The Hall–Kier alpha value is -2.21. The Morgan fingerprint density at radius 2 is 2.18 bits per heavy atom. The van der Waals surface area contributed by atoms with Crippen molar-refractivity contribution in [1.29, 1.82) is 0 Å². The lowest BCUT2D eigenvalue weighted by Crippen LogP contribution is -2.02. The van der Waals surface area contributed by atoms with Gasteiger partial charge in [0.25, 0.3) is 5.69 Å². The molecule has 0 amide bonds. The number of nitrogens with zero attached hydrogens (tertiary/aromatic N) is 3. The van der Waals surface area contributed by atoms with Crippen molar-refractivity contribution in [2.45, 2.75) is 6.42 Å². The Labute approximate surface area is 97.8 Å². The zero-order valence-electron chi connectivity index (χ0n) is 9.11. The largest absolute Gasteiger partial charge is 0.330 e. The van der Waals surface area contributed by atoms with Crippen LogP contribution in [-0.4, -0.2) is 21.2 Å². The average Bonchev–Trinajstić information content (AvgIpc) is 2.78. The Kier molecular flexibility index (Phi) is 3.15. The van der Waals surface area contributed by atoms with Crippen LogP contribution in [0.25, 0.3) is 5.69 Å². The molecule has 0 unspecified atom stereocenters. The third-order valence-corrected chi connectivity index (χ3v) is 2.39. The third-order valence-electron chi connectivity index (χ3n) is 2.39. The second kappa shape index (κ2) is 4.75. The Morgan fingerprint density at radius 3 is 2.88 bits per heavy atom. The van der Waals surface area contributed by atoms with Crippen LogP contribution in [0.15, 0.2) is 36.7 Å². The van der Waals surface area contributed by atoms with Crippen molar-refractivity contribution >= 4 is 5.69 Å². The van der Waals surface area contributed by atoms with E-state index >= 15 is 0 Å². The maximum atomic E-state index is 10.9. The number of hydrogen-bond donors (Lipinski definition) is 1. The minimum Gasteiger partial charge on any atom is -0.330 e. The molecule has 0 spiro atoms. The summed E-state index contributed by atoms with van der Waals surface area (Å²) in [6, 6.07) is 6.50. The van der Waals surface area contributed by atoms with E-state index in [0.717, 1.165) is 5.56 Å². The van der Waals surface area contributed by atoms with E-state index in [-0.39, 0.29) is 5.69 Å². The highest BCUT2D eigenvalue weighted by Crippen LogP contribution is 2.21. The lowest BCUT2D eigenvalue weighted by molar-refractivity contribution is -0.384. The Balaban J connectivity index is 2.41. The van der Waals surface area contributed by atoms with E-state index in [1.807, 2.05) is 0 Å². The Morgan fingerprint density at radius 1 is 1.41 bits per heavy atom. The van der Waals surface area contributed by atoms with Gasteiger partial charge in [0, 0.05) is 12.3 Å². The van der Waals surface area contributed by atoms with Crippen LogP contribution >= 0.6 is 0 Å². The van der Waals surface area contributed by atoms with Crippen LogP contribution in [0.4, 0.5) is 5.69 Å². The molecule has 0 bridgehead atoms. The molecule has 1 aromatic heterocycles. The highest BCUT2D eigenvalue weighted by Gasteiger charge is 2.14. The predicted molar refractivity (Wildman–Crippen MR) is 63.0 cm³/mol. The molecule has 0 atom stereocenters. The van der Waals surface area contributed by atoms with Crippen LogP contribution in [0, 0.1) is 10.1 Å². The molecule has 0 aliphatic rings. The number of aromatic nitrogens is 2. The third kappa shape index (κ3) is 2.31. The molecule has 17 heavy (non-hydrogen) atoms. The van der Waals surface area contributed by atoms with Crippen molar-refractivity contribution < 1.29 is 4.92 Å². The van der Waals surface area contributed by atoms with Gasteiger partial charge in [-0.3, -0.25) is 10.1 Å². The number of benzene rings is 1. The molecule has 2 N–H and O–H groups in total. The first-order valence-corrected chi connectivity index (χ1v) is 5.20. The van der Waals surface area contributed by atoms with E-state index in [9.17, 15) is 10.1 Å². The zero-order valence-corrected chi connectivity index (χ0v) is 9.11. The predicted octanol–water partition coefficient (Wildman–Crippen LogP) is 1.28. The van der Waals surface area contributed by atoms with E-state index < -0.39 is 4.92 Å². The molecule has 6 nitrogen and oxygen atoms in total. The first-order valence-electron chi connectivity index (χ1n) is 5.20. The fourth-order valence-corrected chi connectivity index (χ4v) is 1.60. The molecule has 1 heterocycles. The quantitative estimate of drug-likeness (QED) is 0.635. The lowest BCUT2D eigenvalue weighted by atomic mass is 10.2. The van der Waals surface area contributed by atoms with Crippen molar-refractivity contribution in [2.24, 2.45) is 5.73 Å². The van der Waals surface area contributed by atoms with Crippen molar-refractivity contribution in [1.82, 2.24) is 9.78 Å². The summed E-state index contributed by atoms with van der Waals surface area (Å²) in [4.78, 5) is 10.5. The number of para-hydroxylation sites is 2. The topological polar surface area (TPSA) is 87.0 Å². The summed E-state index contributed by atoms with van der Waals surface area (Å²) in [5.74, 6) is 0. The van der Waals surface area contributed by atoms with E-state index in [2.05, 4.69) is 5.10 Å². The molecule has 0 saturated carbocycles. The number of nitro groups is 1. The maximum Gasteiger partial charge on any atom is 0.294 e. The molecule has 2 rings (SSSR count). The molecule has 0 aliphatic heterocycles. The number of nitrogens with two attached hydrogens (primary N) is 1. The van der Waals surface area contributed by atoms with Crippen LogP contribution in [0.2, 0.25) is 0 Å². The van der Waals surface area contributed by atoms with Crippen LogP contribution in [0.3, 0.4) is 0 Å². The van der Waals surface area contributed by atoms with Crippen LogP contribution in [0.5, 0.6) is 0 Å². The maximum absolute atomic E-state index is 10.9. The summed E-state index contributed by atoms with van der Waals surface area (Å²) in [6.45, 7) is 0.530. The van der Waals surface area contributed by atoms with Gasteiger partial charge in [-0.25, -0.2) is 4.68 Å². The monoisotopic (exact) mass is 232 g/mol. The summed E-state index contributed by atoms with van der Waals surface area (Å²) in [7, 11) is 0. The standard InChI is InChI=1S/C11H12N4O2/c12-6-5-9-7-13-14(8-9)10-3-1-2-4-11(10)15(16)17/h1-4,7-8H,5-6,12H2. The molecule has 2 aromatic rings. The van der Waals surface area contributed by atoms with Crippen LogP contribution in [-0.2, 0) is 6.42 Å². The van der Waals surface area contributed by atoms with E-state index in [1.54, 1.807) is 30.6 Å². The molecule has 0 fully saturated rings. The molecule has 6 heteroatoms. The van der Waals surface area contributed by atoms with Crippen LogP contribution in [0.1, 0.15) is 5.56 Å². The number of nitro benzene ring substituents is 1. The molecule has 1 aromatic carbocycles. The van der Waals surface area contributed by atoms with Gasteiger partial charge in [-0.2, -0.15) is 5.10 Å². The zero-order chi connectivity index (χ0) is 12.3. The SMILES string of the molecule is NCCc1cnn(-c2ccccc2[N+](=O)[O-])c1. The van der Waals surface area contributed by atoms with E-state index in [4.69, 9.17) is 5.73 Å². The number of hydrogen-bond acceptors (Lipinski definition) is 4. The summed E-state index contributed by atoms with van der Waals surface area (Å²) in [6.07, 6.45) is 4.14. The smallest absolute Gasteiger partial charge is 0.294 e. The minimum atomic E-state index is -0.417. The van der Waals surface area contributed by atoms with E-state index in [0.29, 0.717) is 18.7 Å². The first kappa shape index (κ1) is 11.3. The second-order valence-corrected chi connectivity index (χ2v) is 3.58. The average molecular weight is 232 g/mol. The molecular formula is C11H12N4O2. The molecule has 0 saturated heterocycles. The molecule has 0 aliphatic carbocycles. The number of rotatable bonds is 4. The fraction of sp³-hybridized carbons (Fsp3) is 0.182. The van der Waals surface area contributed by atoms with Gasteiger partial charge in [-0.1, -0.05) is 12.1 Å². The normalized spacial score (nSPS) is 10.4. The summed E-state index contributed by atoms with van der Waals surface area (Å²) in [5, 5.41) is 15.0. The molecule has 88 valence electrons. The van der Waals surface area contributed by atoms with Gasteiger partial charge in [0.05, 0.1) is 11.1 Å². The molecular weight excluding hydrogens is 220 g/mol. The minimum absolute atomic E-state index is 0.0369. The highest BCUT2D eigenvalue weighted by molar-refractivity contribution is 5.51. The summed E-state index contributed by atoms with van der Waals surface area (Å²) in [5.41, 5.74) is 6.90.